The molecule has 1 aromatic rings. The number of nitrogens with one attached hydrogen (secondary N) is 1. The molecule has 2 aliphatic heterocycles. The first kappa shape index (κ1) is 23.7. The summed E-state index contributed by atoms with van der Waals surface area (Å²) in [6.07, 6.45) is 9.02. The average Bonchev–Trinajstić information content (AvgIpc) is 3.04. The molecule has 1 unspecified atom stereocenters. The van der Waals surface area contributed by atoms with E-state index in [2.05, 4.69) is 10.2 Å². The van der Waals surface area contributed by atoms with Gasteiger partial charge < -0.3 is 15.3 Å². The Morgan fingerprint density at radius 3 is 2.42 bits per heavy atom. The van der Waals surface area contributed by atoms with Crippen molar-refractivity contribution in [3.63, 3.8) is 0 Å². The van der Waals surface area contributed by atoms with Crippen LogP contribution in [-0.4, -0.2) is 59.0 Å². The second-order valence-corrected chi connectivity index (χ2v) is 10.5. The predicted octanol–water partition coefficient (Wildman–Crippen LogP) is 3.50. The molecule has 3 amide bonds. The summed E-state index contributed by atoms with van der Waals surface area (Å²) in [6.45, 7) is 4.70. The second kappa shape index (κ2) is 9.84. The summed E-state index contributed by atoms with van der Waals surface area (Å²) in [5.74, 6) is -0.651. The lowest BCUT2D eigenvalue weighted by Crippen LogP contribution is -2.51. The molecule has 7 nitrogen and oxygen atoms in total. The molecule has 33 heavy (non-hydrogen) atoms. The Balaban J connectivity index is 1.55. The van der Waals surface area contributed by atoms with Crippen molar-refractivity contribution < 1.29 is 19.5 Å². The minimum absolute atomic E-state index is 0.0221. The smallest absolute Gasteiger partial charge is 0.263 e. The molecular weight excluding hydrogens is 418 g/mol. The SMILES string of the molecule is CC(C)(CO)NC(=O)C1CCCN(c2cccc3c2C(=O)N(C2CCCCCCC2)C3=O)C1. The van der Waals surface area contributed by atoms with Gasteiger partial charge in [0, 0.05) is 19.1 Å². The Morgan fingerprint density at radius 2 is 1.73 bits per heavy atom. The van der Waals surface area contributed by atoms with Crippen LogP contribution in [0.3, 0.4) is 0 Å². The minimum Gasteiger partial charge on any atom is -0.394 e. The van der Waals surface area contributed by atoms with Crippen LogP contribution in [0.25, 0.3) is 0 Å². The van der Waals surface area contributed by atoms with Crippen LogP contribution < -0.4 is 10.2 Å². The van der Waals surface area contributed by atoms with Crippen molar-refractivity contribution in [2.45, 2.75) is 83.2 Å². The number of aliphatic hydroxyl groups excluding tert-OH is 1. The maximum absolute atomic E-state index is 13.6. The van der Waals surface area contributed by atoms with Crippen molar-refractivity contribution in [2.24, 2.45) is 5.92 Å². The number of hydrogen-bond donors (Lipinski definition) is 2. The minimum atomic E-state index is -0.673. The lowest BCUT2D eigenvalue weighted by Gasteiger charge is -2.36. The topological polar surface area (TPSA) is 89.9 Å². The molecule has 2 heterocycles. The fraction of sp³-hybridized carbons (Fsp3) is 0.654. The van der Waals surface area contributed by atoms with Crippen molar-refractivity contribution in [2.75, 3.05) is 24.6 Å². The Hall–Kier alpha value is -2.41. The highest BCUT2D eigenvalue weighted by atomic mass is 16.3. The van der Waals surface area contributed by atoms with Gasteiger partial charge in [0.2, 0.25) is 5.91 Å². The Kier molecular flexibility index (Phi) is 7.07. The van der Waals surface area contributed by atoms with Crippen LogP contribution in [0.4, 0.5) is 5.69 Å². The monoisotopic (exact) mass is 455 g/mol. The maximum Gasteiger partial charge on any atom is 0.263 e. The Bertz CT molecular complexity index is 905. The van der Waals surface area contributed by atoms with Crippen LogP contribution in [0.15, 0.2) is 18.2 Å². The molecule has 1 atom stereocenters. The molecule has 3 aliphatic rings. The first-order chi connectivity index (χ1) is 15.8. The van der Waals surface area contributed by atoms with Gasteiger partial charge in [0.05, 0.1) is 34.9 Å². The number of carbonyl (C=O) groups is 3. The van der Waals surface area contributed by atoms with Gasteiger partial charge in [-0.25, -0.2) is 0 Å². The molecular formula is C26H37N3O4. The number of carbonyl (C=O) groups excluding carboxylic acids is 3. The van der Waals surface area contributed by atoms with Crippen LogP contribution in [0.2, 0.25) is 0 Å². The molecule has 1 aliphatic carbocycles. The number of imide groups is 1. The predicted molar refractivity (Wildman–Crippen MR) is 127 cm³/mol. The first-order valence-corrected chi connectivity index (χ1v) is 12.5. The fourth-order valence-corrected chi connectivity index (χ4v) is 5.46. The lowest BCUT2D eigenvalue weighted by atomic mass is 9.94. The molecule has 0 bridgehead atoms. The molecule has 180 valence electrons. The van der Waals surface area contributed by atoms with Gasteiger partial charge >= 0.3 is 0 Å². The number of amides is 3. The van der Waals surface area contributed by atoms with Gasteiger partial charge in [-0.05, 0) is 51.7 Å². The van der Waals surface area contributed by atoms with Gasteiger partial charge in [-0.3, -0.25) is 19.3 Å². The first-order valence-electron chi connectivity index (χ1n) is 12.5. The van der Waals surface area contributed by atoms with Crippen molar-refractivity contribution in [3.8, 4) is 0 Å². The lowest BCUT2D eigenvalue weighted by molar-refractivity contribution is -0.127. The summed E-state index contributed by atoms with van der Waals surface area (Å²) in [6, 6.07) is 5.49. The molecule has 2 fully saturated rings. The Morgan fingerprint density at radius 1 is 1.03 bits per heavy atom. The molecule has 2 N–H and O–H groups in total. The van der Waals surface area contributed by atoms with Crippen molar-refractivity contribution in [1.82, 2.24) is 10.2 Å². The van der Waals surface area contributed by atoms with Crippen LogP contribution in [0, 0.1) is 5.92 Å². The van der Waals surface area contributed by atoms with E-state index in [1.165, 1.54) is 11.3 Å². The molecule has 0 aromatic heterocycles. The van der Waals surface area contributed by atoms with E-state index in [0.717, 1.165) is 63.6 Å². The summed E-state index contributed by atoms with van der Waals surface area (Å²) in [5.41, 5.74) is 1.08. The normalized spacial score (nSPS) is 22.7. The summed E-state index contributed by atoms with van der Waals surface area (Å²) >= 11 is 0. The fourth-order valence-electron chi connectivity index (χ4n) is 5.46. The number of aliphatic hydroxyl groups is 1. The van der Waals surface area contributed by atoms with E-state index in [1.54, 1.807) is 19.9 Å². The van der Waals surface area contributed by atoms with E-state index in [1.807, 2.05) is 12.1 Å². The number of rotatable bonds is 5. The highest BCUT2D eigenvalue weighted by Crippen LogP contribution is 2.36. The molecule has 1 saturated carbocycles. The van der Waals surface area contributed by atoms with E-state index >= 15 is 0 Å². The third-order valence-corrected chi connectivity index (χ3v) is 7.35. The van der Waals surface area contributed by atoms with Gasteiger partial charge in [-0.15, -0.1) is 0 Å². The largest absolute Gasteiger partial charge is 0.394 e. The molecule has 1 saturated heterocycles. The van der Waals surface area contributed by atoms with Gasteiger partial charge in [0.1, 0.15) is 0 Å². The zero-order chi connectivity index (χ0) is 23.6. The Labute approximate surface area is 196 Å². The van der Waals surface area contributed by atoms with E-state index in [0.29, 0.717) is 17.7 Å². The van der Waals surface area contributed by atoms with Gasteiger partial charge in [0.15, 0.2) is 0 Å². The summed E-state index contributed by atoms with van der Waals surface area (Å²) in [7, 11) is 0. The van der Waals surface area contributed by atoms with E-state index in [-0.39, 0.29) is 36.3 Å². The second-order valence-electron chi connectivity index (χ2n) is 10.5. The quantitative estimate of drug-likeness (QED) is 0.664. The van der Waals surface area contributed by atoms with Crippen LogP contribution in [0.1, 0.15) is 92.4 Å². The third kappa shape index (κ3) is 4.93. The number of hydrogen-bond acceptors (Lipinski definition) is 5. The van der Waals surface area contributed by atoms with Gasteiger partial charge in [-0.2, -0.15) is 0 Å². The molecule has 0 spiro atoms. The molecule has 0 radical (unpaired) electrons. The van der Waals surface area contributed by atoms with E-state index in [9.17, 15) is 19.5 Å². The van der Waals surface area contributed by atoms with Crippen LogP contribution in [0.5, 0.6) is 0 Å². The highest BCUT2D eigenvalue weighted by Gasteiger charge is 2.42. The zero-order valence-corrected chi connectivity index (χ0v) is 19.9. The zero-order valence-electron chi connectivity index (χ0n) is 19.9. The molecule has 1 aromatic carbocycles. The van der Waals surface area contributed by atoms with Crippen molar-refractivity contribution in [3.05, 3.63) is 29.3 Å². The number of anilines is 1. The van der Waals surface area contributed by atoms with Crippen molar-refractivity contribution >= 4 is 23.4 Å². The summed E-state index contributed by atoms with van der Waals surface area (Å²) in [5, 5.41) is 12.4. The van der Waals surface area contributed by atoms with Crippen LogP contribution >= 0.6 is 0 Å². The van der Waals surface area contributed by atoms with E-state index < -0.39 is 5.54 Å². The summed E-state index contributed by atoms with van der Waals surface area (Å²) in [4.78, 5) is 43.3. The number of fused-ring (bicyclic) bond motifs is 1. The third-order valence-electron chi connectivity index (χ3n) is 7.35. The number of piperidine rings is 1. The molecule has 4 rings (SSSR count). The number of nitrogens with zero attached hydrogens (tertiary/aromatic N) is 2. The maximum atomic E-state index is 13.6. The average molecular weight is 456 g/mol. The molecule has 7 heteroatoms. The summed E-state index contributed by atoms with van der Waals surface area (Å²) < 4.78 is 0. The van der Waals surface area contributed by atoms with Crippen LogP contribution in [-0.2, 0) is 4.79 Å². The van der Waals surface area contributed by atoms with Gasteiger partial charge in [0.25, 0.3) is 11.8 Å². The van der Waals surface area contributed by atoms with E-state index in [4.69, 9.17) is 0 Å². The van der Waals surface area contributed by atoms with Crippen molar-refractivity contribution in [1.29, 1.82) is 0 Å². The standard InChI is InChI=1S/C26H37N3O4/c1-26(2,17-30)27-23(31)18-10-9-15-28(16-18)21-14-8-13-20-22(21)25(33)29(24(20)32)19-11-6-4-3-5-7-12-19/h8,13-14,18-19,30H,3-7,9-12,15-17H2,1-2H3,(H,27,31). The van der Waals surface area contributed by atoms with Gasteiger partial charge in [-0.1, -0.05) is 38.2 Å². The number of benzene rings is 1. The highest BCUT2D eigenvalue weighted by molar-refractivity contribution is 6.24.